The molecule has 3 rings (SSSR count). The number of carboxylic acid groups (broad SMARTS) is 1. The number of piperidine rings is 1. The molecule has 3 heterocycles. The maximum absolute atomic E-state index is 12.2. The second kappa shape index (κ2) is 8.00. The molecule has 28 heavy (non-hydrogen) atoms. The van der Waals surface area contributed by atoms with Gasteiger partial charge in [0.2, 0.25) is 0 Å². The number of carboxylic acids is 1. The molecule has 0 radical (unpaired) electrons. The van der Waals surface area contributed by atoms with Crippen LogP contribution in [0.2, 0.25) is 0 Å². The Bertz CT molecular complexity index is 831. The van der Waals surface area contributed by atoms with Crippen LogP contribution >= 0.6 is 0 Å². The third-order valence-electron chi connectivity index (χ3n) is 4.58. The number of likely N-dealkylation sites (tertiary alicyclic amines) is 1. The summed E-state index contributed by atoms with van der Waals surface area (Å²) in [5, 5.41) is 13.3. The molecule has 0 bridgehead atoms. The Kier molecular flexibility index (Phi) is 5.67. The van der Waals surface area contributed by atoms with Crippen molar-refractivity contribution in [2.75, 3.05) is 13.1 Å². The highest BCUT2D eigenvalue weighted by Gasteiger charge is 2.27. The highest BCUT2D eigenvalue weighted by molar-refractivity contribution is 5.70. The summed E-state index contributed by atoms with van der Waals surface area (Å²) in [7, 11) is 0. The predicted molar refractivity (Wildman–Crippen MR) is 103 cm³/mol. The van der Waals surface area contributed by atoms with Gasteiger partial charge in [0.05, 0.1) is 24.4 Å². The summed E-state index contributed by atoms with van der Waals surface area (Å²) < 4.78 is 7.37. The number of rotatable bonds is 4. The van der Waals surface area contributed by atoms with Gasteiger partial charge in [-0.15, -0.1) is 0 Å². The average Bonchev–Trinajstić information content (AvgIpc) is 3.10. The van der Waals surface area contributed by atoms with Crippen LogP contribution in [0.3, 0.4) is 0 Å². The van der Waals surface area contributed by atoms with E-state index in [4.69, 9.17) is 9.84 Å². The molecule has 8 nitrogen and oxygen atoms in total. The van der Waals surface area contributed by atoms with Gasteiger partial charge in [0.15, 0.2) is 0 Å². The molecule has 2 aromatic rings. The summed E-state index contributed by atoms with van der Waals surface area (Å²) in [6.45, 7) is 6.88. The quantitative estimate of drug-likeness (QED) is 0.867. The van der Waals surface area contributed by atoms with Crippen molar-refractivity contribution in [2.24, 2.45) is 0 Å². The lowest BCUT2D eigenvalue weighted by Crippen LogP contribution is -2.42. The van der Waals surface area contributed by atoms with Crippen LogP contribution in [0.25, 0.3) is 11.1 Å². The number of carbonyl (C=O) groups excluding carboxylic acids is 1. The van der Waals surface area contributed by atoms with Gasteiger partial charge in [-0.2, -0.15) is 5.10 Å². The molecule has 0 spiro atoms. The molecule has 1 N–H and O–H groups in total. The van der Waals surface area contributed by atoms with Crippen molar-refractivity contribution in [1.82, 2.24) is 19.7 Å². The van der Waals surface area contributed by atoms with E-state index in [1.807, 2.05) is 37.7 Å². The first kappa shape index (κ1) is 19.9. The molecule has 1 saturated heterocycles. The molecule has 0 atom stereocenters. The second-order valence-electron chi connectivity index (χ2n) is 8.02. The van der Waals surface area contributed by atoms with Crippen molar-refractivity contribution in [3.63, 3.8) is 0 Å². The van der Waals surface area contributed by atoms with E-state index in [-0.39, 0.29) is 18.6 Å². The third-order valence-corrected chi connectivity index (χ3v) is 4.58. The lowest BCUT2D eigenvalue weighted by molar-refractivity contribution is -0.136. The van der Waals surface area contributed by atoms with Crippen LogP contribution in [0.5, 0.6) is 0 Å². The van der Waals surface area contributed by atoms with E-state index in [0.29, 0.717) is 18.8 Å². The van der Waals surface area contributed by atoms with E-state index in [1.165, 1.54) is 0 Å². The molecule has 0 saturated carbocycles. The summed E-state index contributed by atoms with van der Waals surface area (Å²) in [5.74, 6) is -0.897. The Morgan fingerprint density at radius 1 is 1.18 bits per heavy atom. The molecule has 0 unspecified atom stereocenters. The van der Waals surface area contributed by atoms with E-state index >= 15 is 0 Å². The lowest BCUT2D eigenvalue weighted by atomic mass is 10.1. The topological polar surface area (TPSA) is 97.5 Å². The van der Waals surface area contributed by atoms with Gasteiger partial charge in [-0.25, -0.2) is 4.79 Å². The van der Waals surface area contributed by atoms with Crippen LogP contribution in [0.1, 0.15) is 45.3 Å². The standard InChI is InChI=1S/C20H26N4O4/c1-20(2,3)28-19(27)23-8-6-17(7-9-23)24-13-15(12-22-24)14-4-5-16(21-11-14)10-18(25)26/h4-5,11-13,17H,6-10H2,1-3H3,(H,25,26). The fourth-order valence-electron chi connectivity index (χ4n) is 3.18. The Morgan fingerprint density at radius 2 is 1.89 bits per heavy atom. The van der Waals surface area contributed by atoms with Gasteiger partial charge < -0.3 is 14.7 Å². The molecule has 0 aliphatic carbocycles. The van der Waals surface area contributed by atoms with E-state index in [0.717, 1.165) is 24.0 Å². The van der Waals surface area contributed by atoms with Crippen LogP contribution in [-0.2, 0) is 16.0 Å². The minimum absolute atomic E-state index is 0.0875. The number of nitrogens with zero attached hydrogens (tertiary/aromatic N) is 4. The monoisotopic (exact) mass is 386 g/mol. The molecule has 2 aromatic heterocycles. The maximum atomic E-state index is 12.2. The molecule has 1 fully saturated rings. The summed E-state index contributed by atoms with van der Waals surface area (Å²) in [6.07, 6.45) is 6.71. The summed E-state index contributed by atoms with van der Waals surface area (Å²) in [6, 6.07) is 3.81. The molecule has 1 amide bonds. The van der Waals surface area contributed by atoms with Crippen LogP contribution < -0.4 is 0 Å². The number of aromatic nitrogens is 3. The van der Waals surface area contributed by atoms with E-state index in [1.54, 1.807) is 23.4 Å². The van der Waals surface area contributed by atoms with Gasteiger partial charge in [0.25, 0.3) is 0 Å². The number of pyridine rings is 1. The zero-order valence-corrected chi connectivity index (χ0v) is 16.5. The van der Waals surface area contributed by atoms with Crippen molar-refractivity contribution in [3.8, 4) is 11.1 Å². The lowest BCUT2D eigenvalue weighted by Gasteiger charge is -2.33. The highest BCUT2D eigenvalue weighted by atomic mass is 16.6. The van der Waals surface area contributed by atoms with Crippen molar-refractivity contribution in [1.29, 1.82) is 0 Å². The van der Waals surface area contributed by atoms with Crippen LogP contribution in [0.15, 0.2) is 30.7 Å². The number of carbonyl (C=O) groups is 2. The SMILES string of the molecule is CC(C)(C)OC(=O)N1CCC(n2cc(-c3ccc(CC(=O)O)nc3)cn2)CC1. The van der Waals surface area contributed by atoms with Crippen molar-refractivity contribution >= 4 is 12.1 Å². The van der Waals surface area contributed by atoms with Gasteiger partial charge in [-0.3, -0.25) is 14.5 Å². The van der Waals surface area contributed by atoms with Crippen LogP contribution in [0, 0.1) is 0 Å². The number of hydrogen-bond donors (Lipinski definition) is 1. The van der Waals surface area contributed by atoms with Crippen molar-refractivity contribution < 1.29 is 19.4 Å². The Hall–Kier alpha value is -2.90. The predicted octanol–water partition coefficient (Wildman–Crippen LogP) is 3.14. The minimum atomic E-state index is -0.897. The summed E-state index contributed by atoms with van der Waals surface area (Å²) >= 11 is 0. The Balaban J connectivity index is 1.59. The molecule has 1 aliphatic rings. The summed E-state index contributed by atoms with van der Waals surface area (Å²) in [5.41, 5.74) is 1.87. The summed E-state index contributed by atoms with van der Waals surface area (Å²) in [4.78, 5) is 28.9. The fraction of sp³-hybridized carbons (Fsp3) is 0.500. The van der Waals surface area contributed by atoms with Gasteiger partial charge in [0.1, 0.15) is 5.60 Å². The molecular formula is C20H26N4O4. The number of hydrogen-bond acceptors (Lipinski definition) is 5. The minimum Gasteiger partial charge on any atom is -0.481 e. The Labute approximate surface area is 164 Å². The first-order valence-electron chi connectivity index (χ1n) is 9.40. The number of ether oxygens (including phenoxy) is 1. The van der Waals surface area contributed by atoms with Gasteiger partial charge >= 0.3 is 12.1 Å². The maximum Gasteiger partial charge on any atom is 0.410 e. The molecular weight excluding hydrogens is 360 g/mol. The van der Waals surface area contributed by atoms with E-state index in [2.05, 4.69) is 10.1 Å². The van der Waals surface area contributed by atoms with E-state index < -0.39 is 11.6 Å². The normalized spacial score (nSPS) is 15.5. The second-order valence-corrected chi connectivity index (χ2v) is 8.02. The molecule has 0 aromatic carbocycles. The zero-order valence-electron chi connectivity index (χ0n) is 16.5. The van der Waals surface area contributed by atoms with Crippen molar-refractivity contribution in [2.45, 2.75) is 51.7 Å². The average molecular weight is 386 g/mol. The van der Waals surface area contributed by atoms with Crippen LogP contribution in [-0.4, -0.2) is 55.5 Å². The Morgan fingerprint density at radius 3 is 2.46 bits per heavy atom. The third kappa shape index (κ3) is 5.09. The highest BCUT2D eigenvalue weighted by Crippen LogP contribution is 2.26. The fourth-order valence-corrected chi connectivity index (χ4v) is 3.18. The zero-order chi connectivity index (χ0) is 20.3. The number of aliphatic carboxylic acids is 1. The molecule has 8 heteroatoms. The molecule has 1 aliphatic heterocycles. The first-order chi connectivity index (χ1) is 13.2. The van der Waals surface area contributed by atoms with Crippen molar-refractivity contribution in [3.05, 3.63) is 36.4 Å². The smallest absolute Gasteiger partial charge is 0.410 e. The van der Waals surface area contributed by atoms with Gasteiger partial charge in [-0.1, -0.05) is 6.07 Å². The number of amides is 1. The van der Waals surface area contributed by atoms with Crippen LogP contribution in [0.4, 0.5) is 4.79 Å². The van der Waals surface area contributed by atoms with Gasteiger partial charge in [0, 0.05) is 36.6 Å². The largest absolute Gasteiger partial charge is 0.481 e. The molecule has 150 valence electrons. The first-order valence-corrected chi connectivity index (χ1v) is 9.40. The van der Waals surface area contributed by atoms with Gasteiger partial charge in [-0.05, 0) is 39.7 Å². The van der Waals surface area contributed by atoms with E-state index in [9.17, 15) is 9.59 Å².